The molecule has 0 aliphatic heterocycles. The normalized spacial score (nSPS) is 12.0. The van der Waals surface area contributed by atoms with E-state index in [1.54, 1.807) is 16.7 Å². The van der Waals surface area contributed by atoms with Gasteiger partial charge >= 0.3 is 18.0 Å². The van der Waals surface area contributed by atoms with Crippen molar-refractivity contribution < 1.29 is 27.8 Å². The largest absolute Gasteiger partial charge is 0.573 e. The molecule has 0 bridgehead atoms. The predicted molar refractivity (Wildman–Crippen MR) is 154 cm³/mol. The first-order valence-electron chi connectivity index (χ1n) is 13.7. The number of aromatic nitrogens is 3. The van der Waals surface area contributed by atoms with Crippen molar-refractivity contribution in [1.29, 1.82) is 0 Å². The molecule has 3 aromatic carbocycles. The zero-order valence-electron chi connectivity index (χ0n) is 24.0. The van der Waals surface area contributed by atoms with E-state index in [4.69, 9.17) is 0 Å². The highest BCUT2D eigenvalue weighted by molar-refractivity contribution is 5.92. The molecule has 0 saturated carbocycles. The minimum absolute atomic E-state index is 0.0528. The van der Waals surface area contributed by atoms with Gasteiger partial charge in [-0.15, -0.1) is 13.2 Å². The van der Waals surface area contributed by atoms with Crippen molar-refractivity contribution in [2.75, 3.05) is 0 Å². The van der Waals surface area contributed by atoms with Gasteiger partial charge in [0.1, 0.15) is 17.1 Å². The van der Waals surface area contributed by atoms with E-state index in [1.807, 2.05) is 31.2 Å². The van der Waals surface area contributed by atoms with Crippen LogP contribution >= 0.6 is 0 Å². The number of halogens is 3. The van der Waals surface area contributed by atoms with Gasteiger partial charge in [0, 0.05) is 13.0 Å². The molecule has 1 N–H and O–H groups in total. The molecule has 222 valence electrons. The molecule has 0 fully saturated rings. The van der Waals surface area contributed by atoms with Crippen molar-refractivity contribution in [2.45, 2.75) is 71.8 Å². The standard InChI is InChI=1S/C32H34F3N3O4/c1-5-37-28(36-38(30(37)41)20-22-11-16-25(17-12-22)31(2,3)4)8-6-7-21-9-13-23(14-10-21)24-15-18-27(42-32(33,34)35)26(19-24)29(39)40/h9-19H,5-8,20H2,1-4H3,(H,39,40). The molecule has 10 heteroatoms. The first-order chi connectivity index (χ1) is 19.7. The van der Waals surface area contributed by atoms with Crippen molar-refractivity contribution in [3.8, 4) is 16.9 Å². The Hall–Kier alpha value is -4.34. The third-order valence-corrected chi connectivity index (χ3v) is 7.06. The van der Waals surface area contributed by atoms with Crippen molar-refractivity contribution in [1.82, 2.24) is 14.3 Å². The molecule has 0 spiro atoms. The van der Waals surface area contributed by atoms with Gasteiger partial charge in [0.2, 0.25) is 0 Å². The SMILES string of the molecule is CCn1c(CCCc2ccc(-c3ccc(OC(F)(F)F)c(C(=O)O)c3)cc2)nn(Cc2ccc(C(C)(C)C)cc2)c1=O. The molecule has 0 radical (unpaired) electrons. The first-order valence-corrected chi connectivity index (χ1v) is 13.7. The van der Waals surface area contributed by atoms with Crippen LogP contribution in [0.15, 0.2) is 71.5 Å². The van der Waals surface area contributed by atoms with Crippen LogP contribution in [0, 0.1) is 0 Å². The van der Waals surface area contributed by atoms with E-state index in [0.717, 1.165) is 41.9 Å². The van der Waals surface area contributed by atoms with Crippen molar-refractivity contribution in [3.63, 3.8) is 0 Å². The summed E-state index contributed by atoms with van der Waals surface area (Å²) in [5, 5.41) is 14.0. The number of hydrogen-bond donors (Lipinski definition) is 1. The van der Waals surface area contributed by atoms with Crippen LogP contribution in [0.4, 0.5) is 13.2 Å². The molecule has 4 aromatic rings. The highest BCUT2D eigenvalue weighted by atomic mass is 19.4. The lowest BCUT2D eigenvalue weighted by molar-refractivity contribution is -0.274. The molecule has 0 saturated heterocycles. The number of hydrogen-bond acceptors (Lipinski definition) is 4. The van der Waals surface area contributed by atoms with E-state index in [1.165, 1.54) is 16.3 Å². The highest BCUT2D eigenvalue weighted by Crippen LogP contribution is 2.31. The second-order valence-corrected chi connectivity index (χ2v) is 11.2. The summed E-state index contributed by atoms with van der Waals surface area (Å²) < 4.78 is 44.9. The molecule has 0 aliphatic carbocycles. The Morgan fingerprint density at radius 3 is 2.10 bits per heavy atom. The lowest BCUT2D eigenvalue weighted by Crippen LogP contribution is -2.25. The Morgan fingerprint density at radius 1 is 0.905 bits per heavy atom. The van der Waals surface area contributed by atoms with Crippen LogP contribution in [0.3, 0.4) is 0 Å². The van der Waals surface area contributed by atoms with Crippen LogP contribution in [0.25, 0.3) is 11.1 Å². The summed E-state index contributed by atoms with van der Waals surface area (Å²) in [4.78, 5) is 24.5. The van der Waals surface area contributed by atoms with Crippen LogP contribution in [0.2, 0.25) is 0 Å². The molecule has 0 unspecified atom stereocenters. The summed E-state index contributed by atoms with van der Waals surface area (Å²) in [6, 6.07) is 19.2. The fourth-order valence-electron chi connectivity index (χ4n) is 4.78. The van der Waals surface area contributed by atoms with Crippen molar-refractivity contribution in [3.05, 3.63) is 105 Å². The number of aromatic carboxylic acids is 1. The average Bonchev–Trinajstić information content (AvgIpc) is 3.21. The number of aryl methyl sites for hydroxylation is 2. The lowest BCUT2D eigenvalue weighted by Gasteiger charge is -2.19. The van der Waals surface area contributed by atoms with E-state index in [0.29, 0.717) is 30.6 Å². The Morgan fingerprint density at radius 2 is 1.52 bits per heavy atom. The fraction of sp³-hybridized carbons (Fsp3) is 0.344. The van der Waals surface area contributed by atoms with Crippen LogP contribution in [0.1, 0.15) is 67.0 Å². The zero-order valence-corrected chi connectivity index (χ0v) is 24.0. The van der Waals surface area contributed by atoms with Gasteiger partial charge in [-0.1, -0.05) is 75.4 Å². The summed E-state index contributed by atoms with van der Waals surface area (Å²) in [6.45, 7) is 9.32. The summed E-state index contributed by atoms with van der Waals surface area (Å²) in [6.07, 6.45) is -2.90. The van der Waals surface area contributed by atoms with E-state index >= 15 is 0 Å². The topological polar surface area (TPSA) is 86.3 Å². The van der Waals surface area contributed by atoms with Gasteiger partial charge < -0.3 is 9.84 Å². The second-order valence-electron chi connectivity index (χ2n) is 11.2. The van der Waals surface area contributed by atoms with Gasteiger partial charge in [0.15, 0.2) is 0 Å². The maximum absolute atomic E-state index is 13.0. The maximum Gasteiger partial charge on any atom is 0.573 e. The Kier molecular flexibility index (Phi) is 8.94. The molecule has 4 rings (SSSR count). The fourth-order valence-corrected chi connectivity index (χ4v) is 4.78. The average molecular weight is 582 g/mol. The predicted octanol–water partition coefficient (Wildman–Crippen LogP) is 6.85. The summed E-state index contributed by atoms with van der Waals surface area (Å²) in [5.41, 5.74) is 3.73. The molecule has 1 heterocycles. The van der Waals surface area contributed by atoms with Crippen LogP contribution in [-0.2, 0) is 31.3 Å². The van der Waals surface area contributed by atoms with Crippen LogP contribution in [0.5, 0.6) is 5.75 Å². The monoisotopic (exact) mass is 581 g/mol. The Labute approximate surface area is 242 Å². The second kappa shape index (κ2) is 12.3. The van der Waals surface area contributed by atoms with Gasteiger partial charge in [-0.2, -0.15) is 5.10 Å². The van der Waals surface area contributed by atoms with E-state index in [2.05, 4.69) is 42.7 Å². The number of carbonyl (C=O) groups is 1. The summed E-state index contributed by atoms with van der Waals surface area (Å²) in [5.74, 6) is -1.55. The number of carboxylic acids is 1. The maximum atomic E-state index is 13.0. The lowest BCUT2D eigenvalue weighted by atomic mass is 9.87. The third kappa shape index (κ3) is 7.48. The Balaban J connectivity index is 1.41. The number of alkyl halides is 3. The van der Waals surface area contributed by atoms with Crippen molar-refractivity contribution >= 4 is 5.97 Å². The zero-order chi connectivity index (χ0) is 30.7. The minimum Gasteiger partial charge on any atom is -0.478 e. The quantitative estimate of drug-likeness (QED) is 0.221. The van der Waals surface area contributed by atoms with E-state index in [9.17, 15) is 27.9 Å². The van der Waals surface area contributed by atoms with E-state index < -0.39 is 23.6 Å². The van der Waals surface area contributed by atoms with Gasteiger partial charge in [0.05, 0.1) is 6.54 Å². The van der Waals surface area contributed by atoms with Gasteiger partial charge in [0.25, 0.3) is 0 Å². The molecule has 42 heavy (non-hydrogen) atoms. The molecule has 7 nitrogen and oxygen atoms in total. The van der Waals surface area contributed by atoms with Gasteiger partial charge in [-0.05, 0) is 65.1 Å². The van der Waals surface area contributed by atoms with Gasteiger partial charge in [-0.25, -0.2) is 14.3 Å². The molecule has 1 aromatic heterocycles. The third-order valence-electron chi connectivity index (χ3n) is 7.06. The number of ether oxygens (including phenoxy) is 1. The Bertz CT molecular complexity index is 1600. The molecule has 0 aliphatic rings. The molecule has 0 atom stereocenters. The van der Waals surface area contributed by atoms with Crippen LogP contribution in [-0.4, -0.2) is 31.8 Å². The molecular formula is C32H34F3N3O4. The number of benzene rings is 3. The molecule has 0 amide bonds. The first kappa shape index (κ1) is 30.6. The minimum atomic E-state index is -4.99. The van der Waals surface area contributed by atoms with Crippen LogP contribution < -0.4 is 10.4 Å². The smallest absolute Gasteiger partial charge is 0.478 e. The van der Waals surface area contributed by atoms with Gasteiger partial charge in [-0.3, -0.25) is 4.57 Å². The highest BCUT2D eigenvalue weighted by Gasteiger charge is 2.33. The van der Waals surface area contributed by atoms with E-state index in [-0.39, 0.29) is 11.1 Å². The number of carboxylic acid groups (broad SMARTS) is 1. The summed E-state index contributed by atoms with van der Waals surface area (Å²) in [7, 11) is 0. The molecular weight excluding hydrogens is 547 g/mol. The van der Waals surface area contributed by atoms with Crippen molar-refractivity contribution in [2.24, 2.45) is 0 Å². The number of nitrogens with zero attached hydrogens (tertiary/aromatic N) is 3. The summed E-state index contributed by atoms with van der Waals surface area (Å²) >= 11 is 0. The number of rotatable bonds is 10.